The van der Waals surface area contributed by atoms with Crippen LogP contribution in [0.4, 0.5) is 5.69 Å². The number of aryl methyl sites for hydroxylation is 1. The zero-order valence-corrected chi connectivity index (χ0v) is 15.5. The molecule has 1 amide bonds. The summed E-state index contributed by atoms with van der Waals surface area (Å²) in [5.41, 5.74) is 1.23. The Labute approximate surface area is 159 Å². The molecule has 3 rings (SSSR count). The first-order chi connectivity index (χ1) is 12.3. The number of hydrogen-bond acceptors (Lipinski definition) is 4. The lowest BCUT2D eigenvalue weighted by molar-refractivity contribution is -0.122. The molecule has 26 heavy (non-hydrogen) atoms. The van der Waals surface area contributed by atoms with Gasteiger partial charge < -0.3 is 14.5 Å². The normalized spacial score (nSPS) is 12.0. The molecule has 0 saturated heterocycles. The van der Waals surface area contributed by atoms with Gasteiger partial charge in [0.05, 0.1) is 5.02 Å². The third kappa shape index (κ3) is 4.00. The molecule has 1 aromatic heterocycles. The maximum Gasteiger partial charge on any atom is 0.336 e. The molecular formula is C19H15Cl2NO4. The first kappa shape index (κ1) is 18.3. The van der Waals surface area contributed by atoms with E-state index in [0.717, 1.165) is 5.56 Å². The summed E-state index contributed by atoms with van der Waals surface area (Å²) in [6.45, 7) is 3.39. The van der Waals surface area contributed by atoms with E-state index in [1.165, 1.54) is 12.1 Å². The summed E-state index contributed by atoms with van der Waals surface area (Å²) in [4.78, 5) is 23.8. The number of benzene rings is 2. The van der Waals surface area contributed by atoms with Gasteiger partial charge in [-0.15, -0.1) is 0 Å². The molecule has 3 aromatic rings. The second-order valence-electron chi connectivity index (χ2n) is 5.78. The third-order valence-corrected chi connectivity index (χ3v) is 4.34. The lowest BCUT2D eigenvalue weighted by Crippen LogP contribution is -2.30. The average molecular weight is 392 g/mol. The Hall–Kier alpha value is -2.50. The van der Waals surface area contributed by atoms with Crippen molar-refractivity contribution in [1.29, 1.82) is 0 Å². The summed E-state index contributed by atoms with van der Waals surface area (Å²) in [5, 5.41) is 4.33. The van der Waals surface area contributed by atoms with E-state index >= 15 is 0 Å². The van der Waals surface area contributed by atoms with Gasteiger partial charge in [-0.2, -0.15) is 0 Å². The van der Waals surface area contributed by atoms with Crippen LogP contribution in [0.3, 0.4) is 0 Å². The van der Waals surface area contributed by atoms with Crippen LogP contribution < -0.4 is 15.7 Å². The summed E-state index contributed by atoms with van der Waals surface area (Å²) in [6.07, 6.45) is -0.822. The highest BCUT2D eigenvalue weighted by Crippen LogP contribution is 2.31. The summed E-state index contributed by atoms with van der Waals surface area (Å²) >= 11 is 12.1. The largest absolute Gasteiger partial charge is 0.479 e. The van der Waals surface area contributed by atoms with Crippen molar-refractivity contribution < 1.29 is 13.9 Å². The van der Waals surface area contributed by atoms with Crippen LogP contribution in [0.25, 0.3) is 11.0 Å². The predicted molar refractivity (Wildman–Crippen MR) is 102 cm³/mol. The molecule has 1 unspecified atom stereocenters. The van der Waals surface area contributed by atoms with E-state index in [4.69, 9.17) is 32.4 Å². The van der Waals surface area contributed by atoms with Crippen LogP contribution in [0, 0.1) is 6.92 Å². The summed E-state index contributed by atoms with van der Waals surface area (Å²) in [7, 11) is 0. The molecular weight excluding hydrogens is 377 g/mol. The number of carbonyl (C=O) groups excluding carboxylic acids is 1. The highest BCUT2D eigenvalue weighted by molar-refractivity contribution is 6.33. The minimum Gasteiger partial charge on any atom is -0.479 e. The Morgan fingerprint density at radius 2 is 1.85 bits per heavy atom. The van der Waals surface area contributed by atoms with Crippen LogP contribution in [0.15, 0.2) is 51.7 Å². The number of anilines is 1. The Morgan fingerprint density at radius 1 is 1.15 bits per heavy atom. The fourth-order valence-corrected chi connectivity index (χ4v) is 2.77. The number of nitrogens with one attached hydrogen (secondary N) is 1. The number of carbonyl (C=O) groups is 1. The van der Waals surface area contributed by atoms with Crippen molar-refractivity contribution in [1.82, 2.24) is 0 Å². The fraction of sp³-hybridized carbons (Fsp3) is 0.158. The van der Waals surface area contributed by atoms with Crippen LogP contribution in [-0.4, -0.2) is 12.0 Å². The molecule has 7 heteroatoms. The first-order valence-corrected chi connectivity index (χ1v) is 8.56. The second kappa shape index (κ2) is 7.40. The van der Waals surface area contributed by atoms with Gasteiger partial charge >= 0.3 is 5.63 Å². The van der Waals surface area contributed by atoms with E-state index in [1.807, 2.05) is 0 Å². The van der Waals surface area contributed by atoms with E-state index in [-0.39, 0.29) is 11.7 Å². The highest BCUT2D eigenvalue weighted by atomic mass is 35.5. The van der Waals surface area contributed by atoms with Crippen LogP contribution in [0.2, 0.25) is 10.0 Å². The molecule has 1 heterocycles. The quantitative estimate of drug-likeness (QED) is 0.647. The van der Waals surface area contributed by atoms with Gasteiger partial charge in [-0.1, -0.05) is 23.2 Å². The Kier molecular flexibility index (Phi) is 5.20. The van der Waals surface area contributed by atoms with Gasteiger partial charge in [0, 0.05) is 28.2 Å². The predicted octanol–water partition coefficient (Wildman–Crippen LogP) is 4.81. The van der Waals surface area contributed by atoms with Crippen molar-refractivity contribution in [2.75, 3.05) is 5.32 Å². The smallest absolute Gasteiger partial charge is 0.336 e. The Bertz CT molecular complexity index is 1030. The van der Waals surface area contributed by atoms with Crippen molar-refractivity contribution in [3.05, 3.63) is 68.5 Å². The van der Waals surface area contributed by atoms with Gasteiger partial charge in [0.15, 0.2) is 6.10 Å². The third-order valence-electron chi connectivity index (χ3n) is 3.79. The fourth-order valence-electron chi connectivity index (χ4n) is 2.43. The van der Waals surface area contributed by atoms with Crippen molar-refractivity contribution in [2.24, 2.45) is 0 Å². The standard InChI is InChI=1S/C19H15Cl2NO4/c1-10-7-18(23)26-16-9-17(15(21)8-14(10)16)25-11(2)19(24)22-13-5-3-12(20)4-6-13/h3-9,11H,1-2H3,(H,22,24). The molecule has 0 radical (unpaired) electrons. The molecule has 0 bridgehead atoms. The van der Waals surface area contributed by atoms with Crippen molar-refractivity contribution >= 4 is 45.8 Å². The average Bonchev–Trinajstić information content (AvgIpc) is 2.58. The molecule has 0 spiro atoms. The van der Waals surface area contributed by atoms with E-state index < -0.39 is 11.7 Å². The Morgan fingerprint density at radius 3 is 2.54 bits per heavy atom. The van der Waals surface area contributed by atoms with E-state index in [9.17, 15) is 9.59 Å². The van der Waals surface area contributed by atoms with Gasteiger partial charge in [-0.25, -0.2) is 4.79 Å². The monoisotopic (exact) mass is 391 g/mol. The highest BCUT2D eigenvalue weighted by Gasteiger charge is 2.18. The van der Waals surface area contributed by atoms with Crippen molar-refractivity contribution in [2.45, 2.75) is 20.0 Å². The van der Waals surface area contributed by atoms with Gasteiger partial charge in [-0.3, -0.25) is 4.79 Å². The summed E-state index contributed by atoms with van der Waals surface area (Å²) < 4.78 is 10.8. The molecule has 0 saturated carbocycles. The van der Waals surface area contributed by atoms with Crippen molar-refractivity contribution in [3.63, 3.8) is 0 Å². The van der Waals surface area contributed by atoms with Crippen LogP contribution in [0.1, 0.15) is 12.5 Å². The molecule has 0 aliphatic rings. The summed E-state index contributed by atoms with van der Waals surface area (Å²) in [5.74, 6) is -0.0964. The topological polar surface area (TPSA) is 68.5 Å². The number of hydrogen-bond donors (Lipinski definition) is 1. The molecule has 1 atom stereocenters. The lowest BCUT2D eigenvalue weighted by Gasteiger charge is -2.16. The number of rotatable bonds is 4. The number of ether oxygens (including phenoxy) is 1. The molecule has 0 aliphatic heterocycles. The van der Waals surface area contributed by atoms with E-state index in [1.54, 1.807) is 44.2 Å². The summed E-state index contributed by atoms with van der Waals surface area (Å²) in [6, 6.07) is 11.3. The Balaban J connectivity index is 1.81. The minimum atomic E-state index is -0.822. The van der Waals surface area contributed by atoms with Gasteiger partial charge in [0.2, 0.25) is 0 Å². The van der Waals surface area contributed by atoms with Crippen LogP contribution in [-0.2, 0) is 4.79 Å². The lowest BCUT2D eigenvalue weighted by atomic mass is 10.1. The van der Waals surface area contributed by atoms with Gasteiger partial charge in [0.25, 0.3) is 5.91 Å². The number of fused-ring (bicyclic) bond motifs is 1. The zero-order valence-electron chi connectivity index (χ0n) is 14.0. The number of amides is 1. The zero-order chi connectivity index (χ0) is 18.8. The molecule has 0 fully saturated rings. The van der Waals surface area contributed by atoms with Crippen LogP contribution in [0.5, 0.6) is 5.75 Å². The minimum absolute atomic E-state index is 0.256. The SMILES string of the molecule is Cc1cc(=O)oc2cc(OC(C)C(=O)Nc3ccc(Cl)cc3)c(Cl)cc12. The van der Waals surface area contributed by atoms with E-state index in [0.29, 0.717) is 26.7 Å². The second-order valence-corrected chi connectivity index (χ2v) is 6.63. The molecule has 0 aliphatic carbocycles. The van der Waals surface area contributed by atoms with Gasteiger partial charge in [-0.05, 0) is 49.7 Å². The molecule has 5 nitrogen and oxygen atoms in total. The molecule has 1 N–H and O–H groups in total. The van der Waals surface area contributed by atoms with Crippen LogP contribution >= 0.6 is 23.2 Å². The first-order valence-electron chi connectivity index (χ1n) is 7.80. The maximum atomic E-state index is 12.3. The maximum absolute atomic E-state index is 12.3. The van der Waals surface area contributed by atoms with Gasteiger partial charge in [0.1, 0.15) is 11.3 Å². The molecule has 134 valence electrons. The van der Waals surface area contributed by atoms with Crippen molar-refractivity contribution in [3.8, 4) is 5.75 Å². The number of halogens is 2. The van der Waals surface area contributed by atoms with E-state index in [2.05, 4.69) is 5.32 Å². The molecule has 2 aromatic carbocycles.